The Bertz CT molecular complexity index is 672. The zero-order chi connectivity index (χ0) is 16.1. The van der Waals surface area contributed by atoms with Gasteiger partial charge in [-0.3, -0.25) is 9.59 Å². The van der Waals surface area contributed by atoms with Gasteiger partial charge < -0.3 is 5.32 Å². The van der Waals surface area contributed by atoms with Crippen molar-refractivity contribution in [1.82, 2.24) is 5.32 Å². The van der Waals surface area contributed by atoms with E-state index in [1.165, 1.54) is 17.8 Å². The molecule has 1 saturated carbocycles. The van der Waals surface area contributed by atoms with Crippen LogP contribution in [0.25, 0.3) is 0 Å². The van der Waals surface area contributed by atoms with Crippen LogP contribution in [-0.2, 0) is 11.3 Å². The standard InChI is InChI=1S/C19H21NO2S/c21-18(14-7-3-1-4-8-14)17-12-11-16(23-17)13-20-19(22)15-9-5-2-6-10-15/h1,3-4,7-8,11-12,15H,2,5-6,9-10,13H2,(H,20,22). The minimum atomic E-state index is 0.0421. The van der Waals surface area contributed by atoms with Crippen LogP contribution in [0.4, 0.5) is 0 Å². The highest BCUT2D eigenvalue weighted by molar-refractivity contribution is 7.14. The third kappa shape index (κ3) is 4.08. The molecule has 0 aliphatic heterocycles. The Hall–Kier alpha value is -1.94. The van der Waals surface area contributed by atoms with Gasteiger partial charge in [-0.05, 0) is 25.0 Å². The summed E-state index contributed by atoms with van der Waals surface area (Å²) in [6, 6.07) is 13.1. The number of nitrogens with one attached hydrogen (secondary N) is 1. The van der Waals surface area contributed by atoms with Gasteiger partial charge in [0.05, 0.1) is 11.4 Å². The molecule has 1 fully saturated rings. The van der Waals surface area contributed by atoms with Crippen LogP contribution in [0, 0.1) is 5.92 Å². The number of ketones is 1. The molecule has 23 heavy (non-hydrogen) atoms. The molecule has 2 aromatic rings. The Kier molecular flexibility index (Phi) is 5.23. The van der Waals surface area contributed by atoms with Crippen LogP contribution in [0.5, 0.6) is 0 Å². The van der Waals surface area contributed by atoms with Crippen molar-refractivity contribution < 1.29 is 9.59 Å². The van der Waals surface area contributed by atoms with Gasteiger partial charge in [0.1, 0.15) is 0 Å². The average molecular weight is 327 g/mol. The molecule has 3 rings (SSSR count). The van der Waals surface area contributed by atoms with Gasteiger partial charge in [-0.1, -0.05) is 49.6 Å². The molecule has 1 N–H and O–H groups in total. The maximum absolute atomic E-state index is 12.4. The fourth-order valence-electron chi connectivity index (χ4n) is 3.01. The van der Waals surface area contributed by atoms with E-state index in [1.54, 1.807) is 0 Å². The number of carbonyl (C=O) groups excluding carboxylic acids is 2. The van der Waals surface area contributed by atoms with E-state index in [4.69, 9.17) is 0 Å². The zero-order valence-electron chi connectivity index (χ0n) is 13.1. The van der Waals surface area contributed by atoms with Crippen molar-refractivity contribution in [2.45, 2.75) is 38.6 Å². The van der Waals surface area contributed by atoms with Crippen molar-refractivity contribution >= 4 is 23.0 Å². The number of carbonyl (C=O) groups is 2. The lowest BCUT2D eigenvalue weighted by molar-refractivity contribution is -0.126. The predicted octanol–water partition coefficient (Wildman–Crippen LogP) is 4.18. The maximum atomic E-state index is 12.4. The third-order valence-electron chi connectivity index (χ3n) is 4.33. The lowest BCUT2D eigenvalue weighted by Gasteiger charge is -2.20. The van der Waals surface area contributed by atoms with E-state index < -0.39 is 0 Å². The van der Waals surface area contributed by atoms with Crippen molar-refractivity contribution in [3.05, 3.63) is 57.8 Å². The fraction of sp³-hybridized carbons (Fsp3) is 0.368. The van der Waals surface area contributed by atoms with Gasteiger partial charge in [-0.25, -0.2) is 0 Å². The van der Waals surface area contributed by atoms with Crippen molar-refractivity contribution in [1.29, 1.82) is 0 Å². The molecular weight excluding hydrogens is 306 g/mol. The number of hydrogen-bond acceptors (Lipinski definition) is 3. The Labute approximate surface area is 140 Å². The van der Waals surface area contributed by atoms with Gasteiger partial charge in [-0.2, -0.15) is 0 Å². The summed E-state index contributed by atoms with van der Waals surface area (Å²) < 4.78 is 0. The molecule has 0 radical (unpaired) electrons. The average Bonchev–Trinajstić information content (AvgIpc) is 3.09. The first-order valence-electron chi connectivity index (χ1n) is 8.20. The first-order chi connectivity index (χ1) is 11.2. The summed E-state index contributed by atoms with van der Waals surface area (Å²) in [4.78, 5) is 26.3. The van der Waals surface area contributed by atoms with Crippen LogP contribution in [0.3, 0.4) is 0 Å². The van der Waals surface area contributed by atoms with Crippen LogP contribution >= 0.6 is 11.3 Å². The molecule has 1 aromatic heterocycles. The van der Waals surface area contributed by atoms with E-state index in [0.29, 0.717) is 12.1 Å². The molecule has 0 spiro atoms. The van der Waals surface area contributed by atoms with Gasteiger partial charge in [0.25, 0.3) is 0 Å². The molecule has 0 unspecified atom stereocenters. The highest BCUT2D eigenvalue weighted by Gasteiger charge is 2.21. The van der Waals surface area contributed by atoms with Gasteiger partial charge in [0, 0.05) is 16.4 Å². The van der Waals surface area contributed by atoms with E-state index in [2.05, 4.69) is 5.32 Å². The van der Waals surface area contributed by atoms with E-state index in [9.17, 15) is 9.59 Å². The minimum absolute atomic E-state index is 0.0421. The van der Waals surface area contributed by atoms with Crippen LogP contribution in [-0.4, -0.2) is 11.7 Å². The predicted molar refractivity (Wildman–Crippen MR) is 92.6 cm³/mol. The Morgan fingerprint density at radius 2 is 1.74 bits per heavy atom. The summed E-state index contributed by atoms with van der Waals surface area (Å²) in [6.07, 6.45) is 5.58. The Morgan fingerprint density at radius 3 is 2.48 bits per heavy atom. The molecule has 1 aromatic carbocycles. The van der Waals surface area contributed by atoms with Crippen molar-refractivity contribution in [2.75, 3.05) is 0 Å². The minimum Gasteiger partial charge on any atom is -0.351 e. The van der Waals surface area contributed by atoms with E-state index in [-0.39, 0.29) is 17.6 Å². The normalized spacial score (nSPS) is 15.3. The monoisotopic (exact) mass is 327 g/mol. The van der Waals surface area contributed by atoms with E-state index >= 15 is 0 Å². The molecule has 0 saturated heterocycles. The lowest BCUT2D eigenvalue weighted by atomic mass is 9.89. The summed E-state index contributed by atoms with van der Waals surface area (Å²) >= 11 is 1.46. The first kappa shape index (κ1) is 15.9. The zero-order valence-corrected chi connectivity index (χ0v) is 13.9. The largest absolute Gasteiger partial charge is 0.351 e. The van der Waals surface area contributed by atoms with Gasteiger partial charge in [0.15, 0.2) is 0 Å². The molecule has 1 amide bonds. The van der Waals surface area contributed by atoms with Crippen molar-refractivity contribution in [3.63, 3.8) is 0 Å². The molecule has 120 valence electrons. The highest BCUT2D eigenvalue weighted by Crippen LogP contribution is 2.24. The number of thiophene rings is 1. The van der Waals surface area contributed by atoms with Gasteiger partial charge >= 0.3 is 0 Å². The van der Waals surface area contributed by atoms with Crippen molar-refractivity contribution in [2.24, 2.45) is 5.92 Å². The quantitative estimate of drug-likeness (QED) is 0.838. The molecule has 0 bridgehead atoms. The lowest BCUT2D eigenvalue weighted by Crippen LogP contribution is -2.31. The van der Waals surface area contributed by atoms with Crippen LogP contribution in [0.2, 0.25) is 0 Å². The number of benzene rings is 1. The molecular formula is C19H21NO2S. The number of rotatable bonds is 5. The first-order valence-corrected chi connectivity index (χ1v) is 9.02. The smallest absolute Gasteiger partial charge is 0.223 e. The van der Waals surface area contributed by atoms with Crippen LogP contribution < -0.4 is 5.32 Å². The summed E-state index contributed by atoms with van der Waals surface area (Å²) in [5.41, 5.74) is 0.701. The molecule has 0 atom stereocenters. The van der Waals surface area contributed by atoms with E-state index in [1.807, 2.05) is 42.5 Å². The summed E-state index contributed by atoms with van der Waals surface area (Å²) in [5, 5.41) is 3.02. The second-order valence-corrected chi connectivity index (χ2v) is 7.18. The molecule has 1 heterocycles. The second-order valence-electron chi connectivity index (χ2n) is 6.01. The second kappa shape index (κ2) is 7.55. The highest BCUT2D eigenvalue weighted by atomic mass is 32.1. The van der Waals surface area contributed by atoms with Gasteiger partial charge in [0.2, 0.25) is 11.7 Å². The Balaban J connectivity index is 1.57. The van der Waals surface area contributed by atoms with Crippen LogP contribution in [0.15, 0.2) is 42.5 Å². The van der Waals surface area contributed by atoms with Gasteiger partial charge in [-0.15, -0.1) is 11.3 Å². The molecule has 1 aliphatic rings. The number of hydrogen-bond donors (Lipinski definition) is 1. The molecule has 1 aliphatic carbocycles. The molecule has 4 heteroatoms. The maximum Gasteiger partial charge on any atom is 0.223 e. The fourth-order valence-corrected chi connectivity index (χ4v) is 3.92. The van der Waals surface area contributed by atoms with Crippen LogP contribution in [0.1, 0.15) is 52.2 Å². The third-order valence-corrected chi connectivity index (χ3v) is 5.42. The van der Waals surface area contributed by atoms with Crippen molar-refractivity contribution in [3.8, 4) is 0 Å². The Morgan fingerprint density at radius 1 is 1.00 bits per heavy atom. The van der Waals surface area contributed by atoms with E-state index in [0.717, 1.165) is 35.4 Å². The SMILES string of the molecule is O=C(c1ccccc1)c1ccc(CNC(=O)C2CCCCC2)s1. The topological polar surface area (TPSA) is 46.2 Å². The molecule has 3 nitrogen and oxygen atoms in total. The summed E-state index contributed by atoms with van der Waals surface area (Å²) in [5.74, 6) is 0.378. The summed E-state index contributed by atoms with van der Waals surface area (Å²) in [7, 11) is 0. The number of amides is 1. The summed E-state index contributed by atoms with van der Waals surface area (Å²) in [6.45, 7) is 0.516.